The van der Waals surface area contributed by atoms with E-state index >= 15 is 0 Å². The molecule has 1 aliphatic carbocycles. The molecule has 2 aliphatic rings. The van der Waals surface area contributed by atoms with Crippen LogP contribution < -0.4 is 24.4 Å². The molecule has 6 rings (SSSR count). The quantitative estimate of drug-likeness (QED) is 0.437. The first-order valence-electron chi connectivity index (χ1n) is 11.6. The van der Waals surface area contributed by atoms with E-state index in [1.165, 1.54) is 16.9 Å². The molecule has 0 bridgehead atoms. The van der Waals surface area contributed by atoms with Gasteiger partial charge in [-0.15, -0.1) is 0 Å². The van der Waals surface area contributed by atoms with Gasteiger partial charge in [0.15, 0.2) is 4.80 Å². The zero-order valence-electron chi connectivity index (χ0n) is 19.5. The van der Waals surface area contributed by atoms with Crippen LogP contribution in [0.2, 0.25) is 0 Å². The molecule has 0 spiro atoms. The largest absolute Gasteiger partial charge is 0.496 e. The highest BCUT2D eigenvalue weighted by Gasteiger charge is 2.33. The highest BCUT2D eigenvalue weighted by molar-refractivity contribution is 7.07. The molecule has 1 aliphatic heterocycles. The van der Waals surface area contributed by atoms with Gasteiger partial charge in [0.05, 0.1) is 30.5 Å². The van der Waals surface area contributed by atoms with E-state index in [1.807, 2.05) is 53.1 Å². The number of methoxy groups -OCH3 is 2. The summed E-state index contributed by atoms with van der Waals surface area (Å²) < 4.78 is 13.7. The van der Waals surface area contributed by atoms with Crippen molar-refractivity contribution in [2.24, 2.45) is 4.99 Å². The number of fused-ring (bicyclic) bond motifs is 3. The van der Waals surface area contributed by atoms with Gasteiger partial charge in [-0.2, -0.15) is 0 Å². The number of ether oxygens (including phenoxy) is 2. The lowest BCUT2D eigenvalue weighted by Crippen LogP contribution is -2.39. The number of aryl methyl sites for hydroxylation is 1. The lowest BCUT2D eigenvalue weighted by atomic mass is 9.83. The summed E-state index contributed by atoms with van der Waals surface area (Å²) in [6.45, 7) is 0. The normalized spacial score (nSPS) is 16.7. The summed E-state index contributed by atoms with van der Waals surface area (Å²) in [6.07, 6.45) is 3.66. The van der Waals surface area contributed by atoms with E-state index < -0.39 is 0 Å². The number of thiazole rings is 1. The molecule has 35 heavy (non-hydrogen) atoms. The Morgan fingerprint density at radius 3 is 2.46 bits per heavy atom. The van der Waals surface area contributed by atoms with Crippen molar-refractivity contribution >= 4 is 23.1 Å². The van der Waals surface area contributed by atoms with Crippen LogP contribution in [0.1, 0.15) is 34.7 Å². The molecule has 0 N–H and O–H groups in total. The maximum absolute atomic E-state index is 13.9. The molecule has 6 heteroatoms. The van der Waals surface area contributed by atoms with Crippen molar-refractivity contribution in [2.45, 2.75) is 18.9 Å². The summed E-state index contributed by atoms with van der Waals surface area (Å²) in [5.74, 6) is 1.50. The number of benzene rings is 3. The second-order valence-electron chi connectivity index (χ2n) is 8.60. The molecular formula is C29H24N2O3S. The smallest absolute Gasteiger partial charge is 0.271 e. The zero-order valence-corrected chi connectivity index (χ0v) is 20.3. The molecule has 0 saturated carbocycles. The summed E-state index contributed by atoms with van der Waals surface area (Å²) >= 11 is 1.42. The first-order valence-corrected chi connectivity index (χ1v) is 12.4. The highest BCUT2D eigenvalue weighted by Crippen LogP contribution is 2.43. The fourth-order valence-corrected chi connectivity index (χ4v) is 6.11. The molecule has 2 heterocycles. The summed E-state index contributed by atoms with van der Waals surface area (Å²) in [4.78, 5) is 19.7. The molecule has 4 aromatic rings. The molecule has 0 unspecified atom stereocenters. The predicted molar refractivity (Wildman–Crippen MR) is 139 cm³/mol. The van der Waals surface area contributed by atoms with Crippen LogP contribution >= 0.6 is 11.3 Å². The van der Waals surface area contributed by atoms with Gasteiger partial charge in [0, 0.05) is 16.7 Å². The first kappa shape index (κ1) is 21.6. The molecule has 0 saturated heterocycles. The Hall–Kier alpha value is -3.90. The average molecular weight is 481 g/mol. The Bertz CT molecular complexity index is 1660. The van der Waals surface area contributed by atoms with Crippen LogP contribution in [-0.2, 0) is 6.42 Å². The van der Waals surface area contributed by atoms with E-state index in [4.69, 9.17) is 14.5 Å². The zero-order chi connectivity index (χ0) is 23.9. The summed E-state index contributed by atoms with van der Waals surface area (Å²) in [7, 11) is 3.32. The minimum atomic E-state index is -0.273. The molecule has 0 amide bonds. The standard InChI is InChI=1S/C29H24N2O3S/c1-33-23-13-7-4-10-19(23)17-25-28(32)31-27(21-12-6-8-14-24(21)34-2)22-16-15-18-9-3-5-11-20(18)26(22)30-29(31)35-25/h3-14,17,27H,15-16H2,1-2H3/b25-17-/t27-/m1/s1. The third-order valence-electron chi connectivity index (χ3n) is 6.73. The predicted octanol–water partition coefficient (Wildman–Crippen LogP) is 4.34. The maximum Gasteiger partial charge on any atom is 0.271 e. The molecule has 3 aromatic carbocycles. The number of hydrogen-bond donors (Lipinski definition) is 0. The van der Waals surface area contributed by atoms with Gasteiger partial charge in [-0.05, 0) is 42.2 Å². The van der Waals surface area contributed by atoms with Gasteiger partial charge in [0.2, 0.25) is 0 Å². The molecule has 1 aromatic heterocycles. The van der Waals surface area contributed by atoms with E-state index in [9.17, 15) is 4.79 Å². The number of nitrogens with zero attached hydrogens (tertiary/aromatic N) is 2. The fraction of sp³-hybridized carbons (Fsp3) is 0.172. The van der Waals surface area contributed by atoms with Crippen LogP contribution in [0.25, 0.3) is 11.8 Å². The minimum absolute atomic E-state index is 0.0547. The first-order chi connectivity index (χ1) is 17.2. The van der Waals surface area contributed by atoms with Crippen molar-refractivity contribution in [3.05, 3.63) is 120 Å². The fourth-order valence-electron chi connectivity index (χ4n) is 5.12. The molecule has 174 valence electrons. The molecule has 1 atom stereocenters. The number of para-hydroxylation sites is 2. The van der Waals surface area contributed by atoms with Gasteiger partial charge in [-0.1, -0.05) is 72.0 Å². The lowest BCUT2D eigenvalue weighted by molar-refractivity contribution is 0.402. The van der Waals surface area contributed by atoms with Crippen LogP contribution in [0, 0.1) is 0 Å². The molecular weight excluding hydrogens is 456 g/mol. The third kappa shape index (κ3) is 3.53. The van der Waals surface area contributed by atoms with E-state index in [1.54, 1.807) is 14.2 Å². The van der Waals surface area contributed by atoms with Crippen molar-refractivity contribution in [2.75, 3.05) is 14.2 Å². The summed E-state index contributed by atoms with van der Waals surface area (Å²) in [5.41, 5.74) is 6.36. The van der Waals surface area contributed by atoms with Crippen molar-refractivity contribution in [1.29, 1.82) is 0 Å². The van der Waals surface area contributed by atoms with Gasteiger partial charge in [0.1, 0.15) is 11.5 Å². The Balaban J connectivity index is 1.65. The number of allylic oxidation sites excluding steroid dienone is 1. The minimum Gasteiger partial charge on any atom is -0.496 e. The van der Waals surface area contributed by atoms with Crippen molar-refractivity contribution < 1.29 is 9.47 Å². The van der Waals surface area contributed by atoms with E-state index in [2.05, 4.69) is 30.3 Å². The number of rotatable bonds is 4. The number of hydrogen-bond acceptors (Lipinski definition) is 5. The van der Waals surface area contributed by atoms with E-state index in [0.29, 0.717) is 9.33 Å². The molecule has 0 radical (unpaired) electrons. The molecule has 5 nitrogen and oxygen atoms in total. The van der Waals surface area contributed by atoms with Gasteiger partial charge in [-0.25, -0.2) is 4.99 Å². The van der Waals surface area contributed by atoms with Gasteiger partial charge < -0.3 is 9.47 Å². The summed E-state index contributed by atoms with van der Waals surface area (Å²) in [6, 6.07) is 23.8. The monoisotopic (exact) mass is 480 g/mol. The van der Waals surface area contributed by atoms with Crippen LogP contribution in [0.4, 0.5) is 0 Å². The lowest BCUT2D eigenvalue weighted by Gasteiger charge is -2.31. The Labute approximate surface area is 206 Å². The Morgan fingerprint density at radius 2 is 1.63 bits per heavy atom. The Morgan fingerprint density at radius 1 is 0.914 bits per heavy atom. The van der Waals surface area contributed by atoms with Crippen LogP contribution in [-0.4, -0.2) is 18.8 Å². The molecule has 0 fully saturated rings. The topological polar surface area (TPSA) is 52.8 Å². The van der Waals surface area contributed by atoms with Crippen LogP contribution in [0.5, 0.6) is 11.5 Å². The summed E-state index contributed by atoms with van der Waals surface area (Å²) in [5, 5.41) is 0. The van der Waals surface area contributed by atoms with Crippen LogP contribution in [0.15, 0.2) is 88.2 Å². The van der Waals surface area contributed by atoms with E-state index in [0.717, 1.165) is 52.3 Å². The highest BCUT2D eigenvalue weighted by atomic mass is 32.1. The maximum atomic E-state index is 13.9. The SMILES string of the molecule is COc1ccccc1/C=c1\sc2n(c1=O)[C@H](c1ccccc1OC)C1=C(N=2)c2ccccc2CC1. The van der Waals surface area contributed by atoms with Crippen LogP contribution in [0.3, 0.4) is 0 Å². The van der Waals surface area contributed by atoms with Crippen molar-refractivity contribution in [3.8, 4) is 11.5 Å². The van der Waals surface area contributed by atoms with Crippen molar-refractivity contribution in [1.82, 2.24) is 4.57 Å². The third-order valence-corrected chi connectivity index (χ3v) is 7.71. The van der Waals surface area contributed by atoms with Crippen molar-refractivity contribution in [3.63, 3.8) is 0 Å². The van der Waals surface area contributed by atoms with Gasteiger partial charge >= 0.3 is 0 Å². The second-order valence-corrected chi connectivity index (χ2v) is 9.61. The second kappa shape index (κ2) is 8.71. The Kier molecular flexibility index (Phi) is 5.38. The van der Waals surface area contributed by atoms with Gasteiger partial charge in [0.25, 0.3) is 5.56 Å². The number of aromatic nitrogens is 1. The van der Waals surface area contributed by atoms with E-state index in [-0.39, 0.29) is 11.6 Å². The average Bonchev–Trinajstić information content (AvgIpc) is 3.22. The van der Waals surface area contributed by atoms with Gasteiger partial charge in [-0.3, -0.25) is 9.36 Å².